The summed E-state index contributed by atoms with van der Waals surface area (Å²) in [6, 6.07) is 9.40. The van der Waals surface area contributed by atoms with E-state index in [1.54, 1.807) is 12.1 Å². The highest BCUT2D eigenvalue weighted by Gasteiger charge is 2.26. The third-order valence-corrected chi connectivity index (χ3v) is 6.39. The zero-order valence-corrected chi connectivity index (χ0v) is 15.4. The van der Waals surface area contributed by atoms with Gasteiger partial charge in [-0.25, -0.2) is 17.2 Å². The van der Waals surface area contributed by atoms with Gasteiger partial charge in [0.15, 0.2) is 0 Å². The number of sulfonamides is 1. The lowest BCUT2D eigenvalue weighted by Gasteiger charge is -2.26. The van der Waals surface area contributed by atoms with Crippen LogP contribution in [0, 0.1) is 11.6 Å². The number of halogens is 2. The summed E-state index contributed by atoms with van der Waals surface area (Å²) in [5.41, 5.74) is -0.132. The molecule has 0 aliphatic carbocycles. The summed E-state index contributed by atoms with van der Waals surface area (Å²) in [5.74, 6) is -2.79. The molecule has 27 heavy (non-hydrogen) atoms. The van der Waals surface area contributed by atoms with Crippen molar-refractivity contribution in [1.29, 1.82) is 0 Å². The molecule has 0 atom stereocenters. The average Bonchev–Trinajstić information content (AvgIpc) is 2.67. The zero-order valence-electron chi connectivity index (χ0n) is 14.6. The van der Waals surface area contributed by atoms with E-state index in [-0.39, 0.29) is 11.4 Å². The molecule has 1 heterocycles. The number of rotatable bonds is 5. The Morgan fingerprint density at radius 3 is 2.30 bits per heavy atom. The van der Waals surface area contributed by atoms with Crippen LogP contribution in [0.5, 0.6) is 0 Å². The van der Waals surface area contributed by atoms with E-state index < -0.39 is 33.1 Å². The summed E-state index contributed by atoms with van der Waals surface area (Å²) in [7, 11) is -3.59. The molecule has 1 aliphatic rings. The van der Waals surface area contributed by atoms with Crippen molar-refractivity contribution in [3.8, 4) is 0 Å². The van der Waals surface area contributed by atoms with E-state index in [1.807, 2.05) is 0 Å². The Bertz CT molecular complexity index is 921. The molecule has 8 heteroatoms. The predicted molar refractivity (Wildman–Crippen MR) is 96.6 cm³/mol. The second-order valence-corrected chi connectivity index (χ2v) is 8.33. The van der Waals surface area contributed by atoms with Crippen molar-refractivity contribution in [1.82, 2.24) is 9.62 Å². The van der Waals surface area contributed by atoms with Crippen LogP contribution in [0.2, 0.25) is 0 Å². The Kier molecular flexibility index (Phi) is 5.86. The molecule has 5 nitrogen and oxygen atoms in total. The number of piperidine rings is 1. The summed E-state index contributed by atoms with van der Waals surface area (Å²) < 4.78 is 54.3. The Labute approximate surface area is 157 Å². The SMILES string of the molecule is O=C(NCc1cccc(S(=O)(=O)N2CCCCC2)c1)c1c(F)cccc1F. The molecule has 0 unspecified atom stereocenters. The second-order valence-electron chi connectivity index (χ2n) is 6.39. The van der Waals surface area contributed by atoms with Gasteiger partial charge in [-0.3, -0.25) is 4.79 Å². The van der Waals surface area contributed by atoms with E-state index in [9.17, 15) is 22.0 Å². The zero-order chi connectivity index (χ0) is 19.4. The Balaban J connectivity index is 1.73. The second kappa shape index (κ2) is 8.14. The van der Waals surface area contributed by atoms with Gasteiger partial charge in [0.05, 0.1) is 4.90 Å². The molecule has 0 aromatic heterocycles. The maximum Gasteiger partial charge on any atom is 0.257 e. The highest BCUT2D eigenvalue weighted by molar-refractivity contribution is 7.89. The van der Waals surface area contributed by atoms with Crippen molar-refractivity contribution >= 4 is 15.9 Å². The molecule has 0 saturated carbocycles. The van der Waals surface area contributed by atoms with Crippen LogP contribution >= 0.6 is 0 Å². The van der Waals surface area contributed by atoms with Gasteiger partial charge >= 0.3 is 0 Å². The van der Waals surface area contributed by atoms with Crippen LogP contribution in [0.25, 0.3) is 0 Å². The van der Waals surface area contributed by atoms with Crippen molar-refractivity contribution in [3.63, 3.8) is 0 Å². The van der Waals surface area contributed by atoms with Crippen molar-refractivity contribution in [2.24, 2.45) is 0 Å². The summed E-state index contributed by atoms with van der Waals surface area (Å²) in [6.45, 7) is 0.946. The average molecular weight is 394 g/mol. The lowest BCUT2D eigenvalue weighted by atomic mass is 10.1. The normalized spacial score (nSPS) is 15.5. The molecule has 1 aliphatic heterocycles. The topological polar surface area (TPSA) is 66.5 Å². The van der Waals surface area contributed by atoms with Gasteiger partial charge < -0.3 is 5.32 Å². The van der Waals surface area contributed by atoms with E-state index in [4.69, 9.17) is 0 Å². The number of nitrogens with one attached hydrogen (secondary N) is 1. The van der Waals surface area contributed by atoms with Crippen molar-refractivity contribution < 1.29 is 22.0 Å². The first-order valence-electron chi connectivity index (χ1n) is 8.71. The summed E-state index contributed by atoms with van der Waals surface area (Å²) in [4.78, 5) is 12.2. The van der Waals surface area contributed by atoms with Gasteiger partial charge in [-0.15, -0.1) is 0 Å². The summed E-state index contributed by atoms with van der Waals surface area (Å²) in [5, 5.41) is 2.43. The predicted octanol–water partition coefficient (Wildman–Crippen LogP) is 3.07. The van der Waals surface area contributed by atoms with Crippen LogP contribution in [-0.2, 0) is 16.6 Å². The summed E-state index contributed by atoms with van der Waals surface area (Å²) >= 11 is 0. The number of carbonyl (C=O) groups is 1. The number of benzene rings is 2. The van der Waals surface area contributed by atoms with E-state index in [0.717, 1.165) is 31.4 Å². The van der Waals surface area contributed by atoms with Crippen LogP contribution < -0.4 is 5.32 Å². The molecule has 0 radical (unpaired) electrons. The maximum atomic E-state index is 13.7. The lowest BCUT2D eigenvalue weighted by molar-refractivity contribution is 0.0942. The fourth-order valence-corrected chi connectivity index (χ4v) is 4.64. The molecule has 1 saturated heterocycles. The van der Waals surface area contributed by atoms with E-state index in [2.05, 4.69) is 5.32 Å². The number of amides is 1. The largest absolute Gasteiger partial charge is 0.348 e. The number of hydrogen-bond acceptors (Lipinski definition) is 3. The molecule has 144 valence electrons. The van der Waals surface area contributed by atoms with Crippen molar-refractivity contribution in [3.05, 3.63) is 65.2 Å². The quantitative estimate of drug-likeness (QED) is 0.848. The smallest absolute Gasteiger partial charge is 0.257 e. The minimum Gasteiger partial charge on any atom is -0.348 e. The van der Waals surface area contributed by atoms with E-state index >= 15 is 0 Å². The molecular formula is C19H20F2N2O3S. The molecule has 0 spiro atoms. The molecule has 2 aromatic rings. The minimum absolute atomic E-state index is 0.0457. The van der Waals surface area contributed by atoms with Crippen LogP contribution in [-0.4, -0.2) is 31.7 Å². The summed E-state index contributed by atoms with van der Waals surface area (Å²) in [6.07, 6.45) is 2.69. The Hall–Kier alpha value is -2.32. The van der Waals surface area contributed by atoms with Crippen LogP contribution in [0.15, 0.2) is 47.4 Å². The Morgan fingerprint density at radius 1 is 1.00 bits per heavy atom. The molecule has 1 N–H and O–H groups in total. The first-order valence-corrected chi connectivity index (χ1v) is 10.1. The van der Waals surface area contributed by atoms with E-state index in [1.165, 1.54) is 22.5 Å². The number of nitrogens with zero attached hydrogens (tertiary/aromatic N) is 1. The van der Waals surface area contributed by atoms with Gasteiger partial charge in [0.1, 0.15) is 17.2 Å². The molecule has 0 bridgehead atoms. The van der Waals surface area contributed by atoms with Gasteiger partial charge in [-0.05, 0) is 42.7 Å². The molecule has 2 aromatic carbocycles. The first-order chi connectivity index (χ1) is 12.9. The number of hydrogen-bond donors (Lipinski definition) is 1. The van der Waals surface area contributed by atoms with Crippen LogP contribution in [0.4, 0.5) is 8.78 Å². The van der Waals surface area contributed by atoms with Crippen LogP contribution in [0.3, 0.4) is 0 Å². The third kappa shape index (κ3) is 4.33. The molecule has 1 amide bonds. The van der Waals surface area contributed by atoms with Gasteiger partial charge in [-0.2, -0.15) is 4.31 Å². The molecule has 3 rings (SSSR count). The van der Waals surface area contributed by atoms with Crippen molar-refractivity contribution in [2.45, 2.75) is 30.7 Å². The standard InChI is InChI=1S/C19H20F2N2O3S/c20-16-8-5-9-17(21)18(16)19(24)22-13-14-6-4-7-15(12-14)27(25,26)23-10-2-1-3-11-23/h4-9,12H,1-3,10-11,13H2,(H,22,24). The fourth-order valence-electron chi connectivity index (χ4n) is 3.06. The van der Waals surface area contributed by atoms with Gasteiger partial charge in [0.2, 0.25) is 10.0 Å². The fraction of sp³-hybridized carbons (Fsp3) is 0.316. The molecule has 1 fully saturated rings. The van der Waals surface area contributed by atoms with Crippen LogP contribution in [0.1, 0.15) is 35.2 Å². The Morgan fingerprint density at radius 2 is 1.63 bits per heavy atom. The highest BCUT2D eigenvalue weighted by atomic mass is 32.2. The highest BCUT2D eigenvalue weighted by Crippen LogP contribution is 2.21. The van der Waals surface area contributed by atoms with Gasteiger partial charge in [0, 0.05) is 19.6 Å². The lowest BCUT2D eigenvalue weighted by Crippen LogP contribution is -2.35. The van der Waals surface area contributed by atoms with Gasteiger partial charge in [0.25, 0.3) is 5.91 Å². The minimum atomic E-state index is -3.59. The molecular weight excluding hydrogens is 374 g/mol. The van der Waals surface area contributed by atoms with E-state index in [0.29, 0.717) is 18.7 Å². The van der Waals surface area contributed by atoms with Crippen molar-refractivity contribution in [2.75, 3.05) is 13.1 Å². The monoisotopic (exact) mass is 394 g/mol. The van der Waals surface area contributed by atoms with Gasteiger partial charge in [-0.1, -0.05) is 24.6 Å². The maximum absolute atomic E-state index is 13.7. The number of carbonyl (C=O) groups excluding carboxylic acids is 1. The first kappa shape index (κ1) is 19.4. The third-order valence-electron chi connectivity index (χ3n) is 4.49.